The average Bonchev–Trinajstić information content (AvgIpc) is 2.47. The van der Waals surface area contributed by atoms with E-state index in [4.69, 9.17) is 0 Å². The molecule has 1 unspecified atom stereocenters. The average molecular weight is 345 g/mol. The number of halogens is 1. The van der Waals surface area contributed by atoms with Gasteiger partial charge in [-0.15, -0.1) is 0 Å². The second-order valence-electron chi connectivity index (χ2n) is 6.46. The van der Waals surface area contributed by atoms with Gasteiger partial charge >= 0.3 is 0 Å². The van der Waals surface area contributed by atoms with Crippen molar-refractivity contribution >= 4 is 26.7 Å². The minimum Gasteiger partial charge on any atom is -0.0884 e. The van der Waals surface area contributed by atoms with Crippen molar-refractivity contribution in [1.82, 2.24) is 0 Å². The van der Waals surface area contributed by atoms with E-state index in [2.05, 4.69) is 58.4 Å². The van der Waals surface area contributed by atoms with Crippen molar-refractivity contribution < 1.29 is 0 Å². The molecule has 0 bridgehead atoms. The lowest BCUT2D eigenvalue weighted by Crippen LogP contribution is -2.18. The Morgan fingerprint density at radius 2 is 1.52 bits per heavy atom. The van der Waals surface area contributed by atoms with Crippen molar-refractivity contribution in [3.8, 4) is 0 Å². The lowest BCUT2D eigenvalue weighted by molar-refractivity contribution is 0.370. The Hall–Kier alpha value is -0.820. The topological polar surface area (TPSA) is 0 Å². The van der Waals surface area contributed by atoms with Crippen LogP contribution >= 0.6 is 15.9 Å². The van der Waals surface area contributed by atoms with E-state index >= 15 is 0 Å². The summed E-state index contributed by atoms with van der Waals surface area (Å²) in [6.45, 7) is 0. The predicted molar refractivity (Wildman–Crippen MR) is 96.2 cm³/mol. The van der Waals surface area contributed by atoms with Crippen molar-refractivity contribution in [3.63, 3.8) is 0 Å². The summed E-state index contributed by atoms with van der Waals surface area (Å²) in [5.41, 5.74) is 1.50. The van der Waals surface area contributed by atoms with Gasteiger partial charge in [0.1, 0.15) is 0 Å². The SMILES string of the molecule is BrC(Cc1cccc2ccccc12)C1CCCCCCC1. The van der Waals surface area contributed by atoms with Gasteiger partial charge in [-0.3, -0.25) is 0 Å². The monoisotopic (exact) mass is 344 g/mol. The molecule has 112 valence electrons. The molecule has 2 aromatic carbocycles. The van der Waals surface area contributed by atoms with Gasteiger partial charge in [-0.05, 0) is 41.5 Å². The van der Waals surface area contributed by atoms with E-state index in [1.165, 1.54) is 61.3 Å². The Balaban J connectivity index is 1.74. The van der Waals surface area contributed by atoms with Crippen molar-refractivity contribution in [1.29, 1.82) is 0 Å². The largest absolute Gasteiger partial charge is 0.0884 e. The number of alkyl halides is 1. The summed E-state index contributed by atoms with van der Waals surface area (Å²) in [4.78, 5) is 0.626. The maximum Gasteiger partial charge on any atom is 0.0214 e. The van der Waals surface area contributed by atoms with E-state index in [1.807, 2.05) is 0 Å². The van der Waals surface area contributed by atoms with Gasteiger partial charge in [0.05, 0.1) is 0 Å². The fourth-order valence-corrected chi connectivity index (χ4v) is 4.57. The molecule has 0 saturated heterocycles. The minimum absolute atomic E-state index is 0.626. The maximum atomic E-state index is 4.02. The highest BCUT2D eigenvalue weighted by atomic mass is 79.9. The molecule has 2 aromatic rings. The van der Waals surface area contributed by atoms with Crippen LogP contribution < -0.4 is 0 Å². The van der Waals surface area contributed by atoms with Crippen LogP contribution in [0.25, 0.3) is 10.8 Å². The molecule has 0 nitrogen and oxygen atoms in total. The Morgan fingerprint density at radius 3 is 2.33 bits per heavy atom. The van der Waals surface area contributed by atoms with Gasteiger partial charge in [0.25, 0.3) is 0 Å². The third-order valence-electron chi connectivity index (χ3n) is 4.96. The Bertz CT molecular complexity index is 562. The van der Waals surface area contributed by atoms with E-state index < -0.39 is 0 Å². The third kappa shape index (κ3) is 3.88. The molecule has 0 radical (unpaired) electrons. The summed E-state index contributed by atoms with van der Waals surface area (Å²) in [5, 5.41) is 2.79. The highest BCUT2D eigenvalue weighted by Crippen LogP contribution is 2.32. The second-order valence-corrected chi connectivity index (χ2v) is 7.64. The quantitative estimate of drug-likeness (QED) is 0.557. The first-order valence-corrected chi connectivity index (χ1v) is 9.37. The van der Waals surface area contributed by atoms with Crippen LogP contribution in [0.5, 0.6) is 0 Å². The molecule has 0 aromatic heterocycles. The van der Waals surface area contributed by atoms with E-state index in [1.54, 1.807) is 0 Å². The molecule has 3 rings (SSSR count). The zero-order valence-corrected chi connectivity index (χ0v) is 14.3. The summed E-state index contributed by atoms with van der Waals surface area (Å²) < 4.78 is 0. The van der Waals surface area contributed by atoms with Crippen molar-refractivity contribution in [2.45, 2.75) is 56.2 Å². The van der Waals surface area contributed by atoms with Crippen LogP contribution in [0, 0.1) is 5.92 Å². The highest BCUT2D eigenvalue weighted by Gasteiger charge is 2.20. The molecule has 1 atom stereocenters. The van der Waals surface area contributed by atoms with Gasteiger partial charge in [0.2, 0.25) is 0 Å². The summed E-state index contributed by atoms with van der Waals surface area (Å²) in [7, 11) is 0. The fraction of sp³-hybridized carbons (Fsp3) is 0.500. The van der Waals surface area contributed by atoms with Crippen LogP contribution in [0.15, 0.2) is 42.5 Å². The van der Waals surface area contributed by atoms with Gasteiger partial charge in [-0.25, -0.2) is 0 Å². The van der Waals surface area contributed by atoms with Crippen molar-refractivity contribution in [3.05, 3.63) is 48.0 Å². The van der Waals surface area contributed by atoms with Crippen molar-refractivity contribution in [2.75, 3.05) is 0 Å². The third-order valence-corrected chi connectivity index (χ3v) is 6.03. The second kappa shape index (κ2) is 7.45. The smallest absolute Gasteiger partial charge is 0.0214 e. The standard InChI is InChI=1S/C20H25Br/c21-20(17-10-4-2-1-3-5-11-17)15-18-13-8-12-16-9-6-7-14-19(16)18/h6-9,12-14,17,20H,1-5,10-11,15H2. The number of rotatable bonds is 3. The molecule has 0 heterocycles. The molecule has 1 aliphatic carbocycles. The van der Waals surface area contributed by atoms with Crippen LogP contribution in [-0.4, -0.2) is 4.83 Å². The molecular weight excluding hydrogens is 320 g/mol. The molecule has 21 heavy (non-hydrogen) atoms. The predicted octanol–water partition coefficient (Wildman–Crippen LogP) is 6.51. The molecular formula is C20H25Br. The lowest BCUT2D eigenvalue weighted by atomic mass is 9.86. The van der Waals surface area contributed by atoms with Crippen molar-refractivity contribution in [2.24, 2.45) is 5.92 Å². The van der Waals surface area contributed by atoms with Gasteiger partial charge < -0.3 is 0 Å². The van der Waals surface area contributed by atoms with E-state index in [0.29, 0.717) is 4.83 Å². The molecule has 1 aliphatic rings. The van der Waals surface area contributed by atoms with Crippen LogP contribution in [0.3, 0.4) is 0 Å². The minimum atomic E-state index is 0.626. The first-order chi connectivity index (χ1) is 10.3. The maximum absolute atomic E-state index is 4.02. The van der Waals surface area contributed by atoms with Crippen LogP contribution in [-0.2, 0) is 6.42 Å². The summed E-state index contributed by atoms with van der Waals surface area (Å²) >= 11 is 4.02. The number of fused-ring (bicyclic) bond motifs is 1. The lowest BCUT2D eigenvalue weighted by Gasteiger charge is -2.25. The van der Waals surface area contributed by atoms with E-state index in [9.17, 15) is 0 Å². The first kappa shape index (κ1) is 15.1. The fourth-order valence-electron chi connectivity index (χ4n) is 3.70. The number of hydrogen-bond acceptors (Lipinski definition) is 0. The highest BCUT2D eigenvalue weighted by molar-refractivity contribution is 9.09. The van der Waals surface area contributed by atoms with E-state index in [-0.39, 0.29) is 0 Å². The Labute approximate surface area is 137 Å². The van der Waals surface area contributed by atoms with Crippen LogP contribution in [0.4, 0.5) is 0 Å². The molecule has 1 fully saturated rings. The van der Waals surface area contributed by atoms with Crippen LogP contribution in [0.2, 0.25) is 0 Å². The van der Waals surface area contributed by atoms with E-state index in [0.717, 1.165) is 12.3 Å². The number of benzene rings is 2. The summed E-state index contributed by atoms with van der Waals surface area (Å²) in [6.07, 6.45) is 11.1. The summed E-state index contributed by atoms with van der Waals surface area (Å²) in [5.74, 6) is 0.851. The van der Waals surface area contributed by atoms with Crippen LogP contribution in [0.1, 0.15) is 50.5 Å². The zero-order chi connectivity index (χ0) is 14.5. The molecule has 0 N–H and O–H groups in total. The van der Waals surface area contributed by atoms with Gasteiger partial charge in [0, 0.05) is 4.83 Å². The molecule has 0 spiro atoms. The number of hydrogen-bond donors (Lipinski definition) is 0. The van der Waals surface area contributed by atoms with Gasteiger partial charge in [0.15, 0.2) is 0 Å². The van der Waals surface area contributed by atoms with Gasteiger partial charge in [-0.1, -0.05) is 90.5 Å². The van der Waals surface area contributed by atoms with Gasteiger partial charge in [-0.2, -0.15) is 0 Å². The molecule has 0 aliphatic heterocycles. The molecule has 1 saturated carbocycles. The first-order valence-electron chi connectivity index (χ1n) is 8.45. The zero-order valence-electron chi connectivity index (χ0n) is 12.7. The Kier molecular flexibility index (Phi) is 5.35. The summed E-state index contributed by atoms with van der Waals surface area (Å²) in [6, 6.07) is 15.5. The molecule has 0 amide bonds. The molecule has 1 heteroatoms. The normalized spacial score (nSPS) is 19.1. The Morgan fingerprint density at radius 1 is 0.857 bits per heavy atom.